The van der Waals surface area contributed by atoms with Gasteiger partial charge in [-0.05, 0) is 26.5 Å². The smallest absolute Gasteiger partial charge is 0.334 e. The molecule has 0 saturated heterocycles. The molecular formula is C19H25NO3. The zero-order valence-corrected chi connectivity index (χ0v) is 14.1. The lowest BCUT2D eigenvalue weighted by Gasteiger charge is -2.27. The van der Waals surface area contributed by atoms with Gasteiger partial charge in [0, 0.05) is 12.5 Å². The van der Waals surface area contributed by atoms with E-state index in [1.165, 1.54) is 6.08 Å². The van der Waals surface area contributed by atoms with Gasteiger partial charge in [0.2, 0.25) is 0 Å². The molecule has 0 radical (unpaired) electrons. The summed E-state index contributed by atoms with van der Waals surface area (Å²) < 4.78 is 10.6. The number of terminal acetylenes is 1. The van der Waals surface area contributed by atoms with Gasteiger partial charge in [0.1, 0.15) is 5.76 Å². The van der Waals surface area contributed by atoms with Crippen LogP contribution in [0.15, 0.2) is 42.2 Å². The third-order valence-corrected chi connectivity index (χ3v) is 3.35. The molecule has 0 aliphatic heterocycles. The number of ether oxygens (including phenoxy) is 2. The number of hydrogen-bond acceptors (Lipinski definition) is 4. The summed E-state index contributed by atoms with van der Waals surface area (Å²) in [5.41, 5.74) is 1.12. The van der Waals surface area contributed by atoms with Crippen LogP contribution in [0.5, 0.6) is 0 Å². The van der Waals surface area contributed by atoms with Gasteiger partial charge in [-0.3, -0.25) is 4.90 Å². The van der Waals surface area contributed by atoms with Crippen LogP contribution in [0, 0.1) is 12.3 Å². The Morgan fingerprint density at radius 2 is 1.91 bits per heavy atom. The normalized spacial score (nSPS) is 12.6. The van der Waals surface area contributed by atoms with Crippen molar-refractivity contribution >= 4 is 5.97 Å². The van der Waals surface area contributed by atoms with Crippen LogP contribution in [-0.4, -0.2) is 37.7 Å². The fourth-order valence-electron chi connectivity index (χ4n) is 2.31. The molecule has 1 aromatic rings. The average Bonchev–Trinajstić information content (AvgIpc) is 2.54. The molecule has 0 aromatic heterocycles. The van der Waals surface area contributed by atoms with Crippen molar-refractivity contribution in [2.45, 2.75) is 26.3 Å². The molecule has 0 saturated carbocycles. The third kappa shape index (κ3) is 6.58. The number of benzene rings is 1. The number of carbonyl (C=O) groups is 1. The summed E-state index contributed by atoms with van der Waals surface area (Å²) >= 11 is 0. The van der Waals surface area contributed by atoms with E-state index in [2.05, 4.69) is 10.8 Å². The molecule has 23 heavy (non-hydrogen) atoms. The van der Waals surface area contributed by atoms with Crippen LogP contribution in [-0.2, 0) is 14.3 Å². The van der Waals surface area contributed by atoms with E-state index >= 15 is 0 Å². The van der Waals surface area contributed by atoms with Crippen molar-refractivity contribution in [3.63, 3.8) is 0 Å². The van der Waals surface area contributed by atoms with Crippen molar-refractivity contribution in [2.24, 2.45) is 0 Å². The summed E-state index contributed by atoms with van der Waals surface area (Å²) in [5, 5.41) is 0. The van der Waals surface area contributed by atoms with Crippen molar-refractivity contribution in [3.8, 4) is 12.3 Å². The highest BCUT2D eigenvalue weighted by molar-refractivity contribution is 5.82. The van der Waals surface area contributed by atoms with Gasteiger partial charge in [0.25, 0.3) is 0 Å². The lowest BCUT2D eigenvalue weighted by Crippen LogP contribution is -2.26. The maximum absolute atomic E-state index is 11.7. The molecular weight excluding hydrogens is 290 g/mol. The highest BCUT2D eigenvalue weighted by atomic mass is 16.5. The van der Waals surface area contributed by atoms with Crippen LogP contribution >= 0.6 is 0 Å². The maximum atomic E-state index is 11.7. The first-order chi connectivity index (χ1) is 11.1. The van der Waals surface area contributed by atoms with Crippen LogP contribution in [0.2, 0.25) is 0 Å². The average molecular weight is 315 g/mol. The van der Waals surface area contributed by atoms with E-state index in [1.807, 2.05) is 44.3 Å². The van der Waals surface area contributed by atoms with E-state index in [0.29, 0.717) is 31.9 Å². The predicted octanol–water partition coefficient (Wildman–Crippen LogP) is 3.17. The second-order valence-electron chi connectivity index (χ2n) is 5.05. The number of nitrogens with zero attached hydrogens (tertiary/aromatic N) is 1. The SMILES string of the molecule is C#CCN(C)C(C/C(=C/C(=O)OCC)OCC)c1ccccc1. The highest BCUT2D eigenvalue weighted by Crippen LogP contribution is 2.27. The lowest BCUT2D eigenvalue weighted by atomic mass is 10.0. The Morgan fingerprint density at radius 3 is 2.48 bits per heavy atom. The van der Waals surface area contributed by atoms with Gasteiger partial charge in [0.05, 0.1) is 25.8 Å². The minimum atomic E-state index is -0.387. The Hall–Kier alpha value is -2.25. The lowest BCUT2D eigenvalue weighted by molar-refractivity contribution is -0.137. The van der Waals surface area contributed by atoms with Crippen molar-refractivity contribution in [1.29, 1.82) is 0 Å². The molecule has 0 heterocycles. The van der Waals surface area contributed by atoms with Crippen LogP contribution in [0.25, 0.3) is 0 Å². The molecule has 1 rings (SSSR count). The van der Waals surface area contributed by atoms with Gasteiger partial charge in [-0.15, -0.1) is 6.42 Å². The zero-order valence-electron chi connectivity index (χ0n) is 14.1. The topological polar surface area (TPSA) is 38.8 Å². The minimum Gasteiger partial charge on any atom is -0.498 e. The Labute approximate surface area is 139 Å². The molecule has 0 amide bonds. The fraction of sp³-hybridized carbons (Fsp3) is 0.421. The highest BCUT2D eigenvalue weighted by Gasteiger charge is 2.19. The summed E-state index contributed by atoms with van der Waals surface area (Å²) in [6.45, 7) is 5.01. The number of hydrogen-bond donors (Lipinski definition) is 0. The summed E-state index contributed by atoms with van der Waals surface area (Å²) in [4.78, 5) is 13.8. The van der Waals surface area contributed by atoms with Gasteiger partial charge in [-0.1, -0.05) is 36.3 Å². The fourth-order valence-corrected chi connectivity index (χ4v) is 2.31. The van der Waals surface area contributed by atoms with E-state index in [1.54, 1.807) is 6.92 Å². The maximum Gasteiger partial charge on any atom is 0.334 e. The minimum absolute atomic E-state index is 0.0273. The van der Waals surface area contributed by atoms with Gasteiger partial charge in [0.15, 0.2) is 0 Å². The van der Waals surface area contributed by atoms with Gasteiger partial charge in [-0.2, -0.15) is 0 Å². The van der Waals surface area contributed by atoms with Crippen LogP contribution in [0.4, 0.5) is 0 Å². The molecule has 4 heteroatoms. The van der Waals surface area contributed by atoms with Crippen molar-refractivity contribution in [3.05, 3.63) is 47.7 Å². The number of esters is 1. The quantitative estimate of drug-likeness (QED) is 0.304. The molecule has 1 aromatic carbocycles. The van der Waals surface area contributed by atoms with Crippen LogP contribution in [0.1, 0.15) is 31.9 Å². The summed E-state index contributed by atoms with van der Waals surface area (Å²) in [6.07, 6.45) is 7.42. The van der Waals surface area contributed by atoms with Crippen LogP contribution < -0.4 is 0 Å². The van der Waals surface area contributed by atoms with Crippen molar-refractivity contribution < 1.29 is 14.3 Å². The van der Waals surface area contributed by atoms with E-state index in [4.69, 9.17) is 15.9 Å². The molecule has 1 atom stereocenters. The second kappa shape index (κ2) is 10.5. The van der Waals surface area contributed by atoms with E-state index < -0.39 is 0 Å². The summed E-state index contributed by atoms with van der Waals surface area (Å²) in [5.74, 6) is 2.87. The number of rotatable bonds is 9. The van der Waals surface area contributed by atoms with Gasteiger partial charge in [-0.25, -0.2) is 4.79 Å². The molecule has 0 aliphatic rings. The largest absolute Gasteiger partial charge is 0.498 e. The van der Waals surface area contributed by atoms with E-state index in [9.17, 15) is 4.79 Å². The standard InChI is InChI=1S/C19H25NO3/c1-5-13-20(4)18(16-11-9-8-10-12-16)14-17(22-6-2)15-19(21)23-7-3/h1,8-12,15,18H,6-7,13-14H2,2-4H3/b17-15-. The summed E-state index contributed by atoms with van der Waals surface area (Å²) in [6, 6.07) is 10.1. The summed E-state index contributed by atoms with van der Waals surface area (Å²) in [7, 11) is 1.96. The third-order valence-electron chi connectivity index (χ3n) is 3.35. The Bertz CT molecular complexity index is 545. The molecule has 1 unspecified atom stereocenters. The molecule has 0 bridgehead atoms. The first-order valence-corrected chi connectivity index (χ1v) is 7.81. The molecule has 4 nitrogen and oxygen atoms in total. The van der Waals surface area contributed by atoms with Crippen molar-refractivity contribution in [1.82, 2.24) is 4.90 Å². The first kappa shape index (κ1) is 18.8. The van der Waals surface area contributed by atoms with Crippen LogP contribution in [0.3, 0.4) is 0 Å². The predicted molar refractivity (Wildman–Crippen MR) is 91.6 cm³/mol. The van der Waals surface area contributed by atoms with Gasteiger partial charge >= 0.3 is 5.97 Å². The monoisotopic (exact) mass is 315 g/mol. The second-order valence-corrected chi connectivity index (χ2v) is 5.05. The first-order valence-electron chi connectivity index (χ1n) is 7.81. The molecule has 0 aliphatic carbocycles. The van der Waals surface area contributed by atoms with Crippen molar-refractivity contribution in [2.75, 3.05) is 26.8 Å². The van der Waals surface area contributed by atoms with E-state index in [-0.39, 0.29) is 12.0 Å². The molecule has 0 fully saturated rings. The Morgan fingerprint density at radius 1 is 1.26 bits per heavy atom. The molecule has 0 N–H and O–H groups in total. The van der Waals surface area contributed by atoms with E-state index in [0.717, 1.165) is 5.56 Å². The number of carbonyl (C=O) groups excluding carboxylic acids is 1. The Kier molecular flexibility index (Phi) is 8.56. The van der Waals surface area contributed by atoms with Gasteiger partial charge < -0.3 is 9.47 Å². The molecule has 124 valence electrons. The zero-order chi connectivity index (χ0) is 17.1. The Balaban J connectivity index is 3.01. The molecule has 0 spiro atoms.